The van der Waals surface area contributed by atoms with E-state index in [4.69, 9.17) is 9.47 Å². The van der Waals surface area contributed by atoms with Crippen molar-refractivity contribution in [1.82, 2.24) is 10.0 Å². The highest BCUT2D eigenvalue weighted by Gasteiger charge is 2.22. The van der Waals surface area contributed by atoms with Gasteiger partial charge in [-0.25, -0.2) is 13.1 Å². The number of amides is 1. The Morgan fingerprint density at radius 3 is 2.25 bits per heavy atom. The minimum absolute atomic E-state index is 0.122. The van der Waals surface area contributed by atoms with Crippen molar-refractivity contribution in [3.63, 3.8) is 0 Å². The molecular formula is C16H26N2O5S. The molecule has 0 atom stereocenters. The second-order valence-corrected chi connectivity index (χ2v) is 7.92. The molecule has 8 heteroatoms. The average Bonchev–Trinajstić information content (AvgIpc) is 2.48. The maximum absolute atomic E-state index is 12.2. The van der Waals surface area contributed by atoms with Gasteiger partial charge < -0.3 is 14.8 Å². The summed E-state index contributed by atoms with van der Waals surface area (Å²) in [7, 11) is -2.01. The predicted octanol–water partition coefficient (Wildman–Crippen LogP) is 1.16. The molecule has 0 heterocycles. The standard InChI is InChI=1S/C16H26N2O5S/c1-16(2,3)18-24(20,21)14-7-5-13(6-8-14)15(19)17-9-10-23-12-11-22-4/h5-8,18H,9-12H2,1-4H3,(H,17,19). The predicted molar refractivity (Wildman–Crippen MR) is 91.5 cm³/mol. The van der Waals surface area contributed by atoms with E-state index in [-0.39, 0.29) is 10.8 Å². The number of methoxy groups -OCH3 is 1. The molecule has 0 spiro atoms. The van der Waals surface area contributed by atoms with E-state index in [1.807, 2.05) is 0 Å². The second kappa shape index (κ2) is 9.12. The molecule has 0 aliphatic carbocycles. The largest absolute Gasteiger partial charge is 0.382 e. The van der Waals surface area contributed by atoms with Gasteiger partial charge in [0.25, 0.3) is 5.91 Å². The first-order valence-corrected chi connectivity index (χ1v) is 9.13. The fourth-order valence-corrected chi connectivity index (χ4v) is 3.25. The van der Waals surface area contributed by atoms with Gasteiger partial charge in [0.2, 0.25) is 10.0 Å². The summed E-state index contributed by atoms with van der Waals surface area (Å²) in [6, 6.07) is 5.80. The van der Waals surface area contributed by atoms with Crippen molar-refractivity contribution in [3.8, 4) is 0 Å². The fraction of sp³-hybridized carbons (Fsp3) is 0.562. The Hall–Kier alpha value is -1.48. The van der Waals surface area contributed by atoms with Crippen LogP contribution < -0.4 is 10.0 Å². The number of rotatable bonds is 9. The highest BCUT2D eigenvalue weighted by molar-refractivity contribution is 7.89. The average molecular weight is 358 g/mol. The van der Waals surface area contributed by atoms with Gasteiger partial charge in [0.15, 0.2) is 0 Å². The number of sulfonamides is 1. The lowest BCUT2D eigenvalue weighted by Gasteiger charge is -2.20. The van der Waals surface area contributed by atoms with E-state index in [0.717, 1.165) is 0 Å². The van der Waals surface area contributed by atoms with Crippen molar-refractivity contribution < 1.29 is 22.7 Å². The zero-order valence-electron chi connectivity index (χ0n) is 14.6. The van der Waals surface area contributed by atoms with Gasteiger partial charge >= 0.3 is 0 Å². The van der Waals surface area contributed by atoms with E-state index >= 15 is 0 Å². The maximum Gasteiger partial charge on any atom is 0.251 e. The van der Waals surface area contributed by atoms with Crippen LogP contribution >= 0.6 is 0 Å². The molecule has 2 N–H and O–H groups in total. The molecule has 0 unspecified atom stereocenters. The number of hydrogen-bond acceptors (Lipinski definition) is 5. The van der Waals surface area contributed by atoms with Crippen LogP contribution in [0.3, 0.4) is 0 Å². The van der Waals surface area contributed by atoms with Gasteiger partial charge in [-0.1, -0.05) is 0 Å². The normalized spacial score (nSPS) is 12.2. The zero-order valence-corrected chi connectivity index (χ0v) is 15.4. The summed E-state index contributed by atoms with van der Waals surface area (Å²) in [4.78, 5) is 12.1. The molecule has 0 fully saturated rings. The lowest BCUT2D eigenvalue weighted by atomic mass is 10.1. The van der Waals surface area contributed by atoms with Crippen molar-refractivity contribution in [2.24, 2.45) is 0 Å². The highest BCUT2D eigenvalue weighted by atomic mass is 32.2. The van der Waals surface area contributed by atoms with Gasteiger partial charge in [0.1, 0.15) is 0 Å². The van der Waals surface area contributed by atoms with E-state index in [9.17, 15) is 13.2 Å². The lowest BCUT2D eigenvalue weighted by Crippen LogP contribution is -2.40. The van der Waals surface area contributed by atoms with Crippen LogP contribution in [0.5, 0.6) is 0 Å². The molecule has 1 aromatic rings. The van der Waals surface area contributed by atoms with Gasteiger partial charge in [-0.3, -0.25) is 4.79 Å². The summed E-state index contributed by atoms with van der Waals surface area (Å²) in [6.07, 6.45) is 0. The van der Waals surface area contributed by atoms with Gasteiger partial charge in [-0.15, -0.1) is 0 Å². The monoisotopic (exact) mass is 358 g/mol. The minimum Gasteiger partial charge on any atom is -0.382 e. The van der Waals surface area contributed by atoms with Crippen molar-refractivity contribution >= 4 is 15.9 Å². The van der Waals surface area contributed by atoms with Crippen LogP contribution in [0.15, 0.2) is 29.2 Å². The third-order valence-electron chi connectivity index (χ3n) is 2.83. The van der Waals surface area contributed by atoms with Crippen LogP contribution in [0.1, 0.15) is 31.1 Å². The van der Waals surface area contributed by atoms with Crippen LogP contribution in [-0.2, 0) is 19.5 Å². The SMILES string of the molecule is COCCOCCNC(=O)c1ccc(S(=O)(=O)NC(C)(C)C)cc1. The van der Waals surface area contributed by atoms with E-state index in [1.165, 1.54) is 24.3 Å². The van der Waals surface area contributed by atoms with Crippen LogP contribution in [0, 0.1) is 0 Å². The number of carbonyl (C=O) groups excluding carboxylic acids is 1. The summed E-state index contributed by atoms with van der Waals surface area (Å²) >= 11 is 0. The van der Waals surface area contributed by atoms with E-state index in [1.54, 1.807) is 27.9 Å². The Labute approximate surface area is 143 Å². The third-order valence-corrected chi connectivity index (χ3v) is 4.60. The van der Waals surface area contributed by atoms with Crippen molar-refractivity contribution in [1.29, 1.82) is 0 Å². The molecule has 24 heavy (non-hydrogen) atoms. The van der Waals surface area contributed by atoms with Gasteiger partial charge in [0, 0.05) is 24.8 Å². The summed E-state index contributed by atoms with van der Waals surface area (Å²) < 4.78 is 37.0. The number of nitrogens with one attached hydrogen (secondary N) is 2. The molecule has 0 aliphatic heterocycles. The molecule has 0 bridgehead atoms. The molecule has 0 radical (unpaired) electrons. The zero-order chi connectivity index (χ0) is 18.2. The van der Waals surface area contributed by atoms with Crippen LogP contribution in [0.2, 0.25) is 0 Å². The fourth-order valence-electron chi connectivity index (χ4n) is 1.83. The first-order valence-electron chi connectivity index (χ1n) is 7.64. The number of carbonyl (C=O) groups is 1. The summed E-state index contributed by atoms with van der Waals surface area (Å²) in [6.45, 7) is 7.03. The highest BCUT2D eigenvalue weighted by Crippen LogP contribution is 2.13. The molecule has 0 aliphatic rings. The van der Waals surface area contributed by atoms with E-state index in [0.29, 0.717) is 31.9 Å². The molecule has 0 saturated heterocycles. The summed E-state index contributed by atoms with van der Waals surface area (Å²) in [5, 5.41) is 2.70. The quantitative estimate of drug-likeness (QED) is 0.646. The smallest absolute Gasteiger partial charge is 0.251 e. The second-order valence-electron chi connectivity index (χ2n) is 6.24. The van der Waals surface area contributed by atoms with Crippen molar-refractivity contribution in [2.45, 2.75) is 31.2 Å². The molecule has 136 valence electrons. The summed E-state index contributed by atoms with van der Waals surface area (Å²) in [5.74, 6) is -0.280. The Kier molecular flexibility index (Phi) is 7.82. The van der Waals surface area contributed by atoms with Crippen LogP contribution in [-0.4, -0.2) is 53.3 Å². The van der Waals surface area contributed by atoms with Gasteiger partial charge in [-0.2, -0.15) is 0 Å². The number of benzene rings is 1. The molecule has 7 nitrogen and oxygen atoms in total. The van der Waals surface area contributed by atoms with Crippen molar-refractivity contribution in [3.05, 3.63) is 29.8 Å². The molecular weight excluding hydrogens is 332 g/mol. The first kappa shape index (κ1) is 20.6. The van der Waals surface area contributed by atoms with E-state index < -0.39 is 15.6 Å². The molecule has 1 amide bonds. The molecule has 0 saturated carbocycles. The van der Waals surface area contributed by atoms with Gasteiger partial charge in [-0.05, 0) is 45.0 Å². The Morgan fingerprint density at radius 2 is 1.71 bits per heavy atom. The topological polar surface area (TPSA) is 93.7 Å². The molecule has 1 rings (SSSR count). The summed E-state index contributed by atoms with van der Waals surface area (Å²) in [5.41, 5.74) is -0.181. The van der Waals surface area contributed by atoms with Gasteiger partial charge in [0.05, 0.1) is 24.7 Å². The van der Waals surface area contributed by atoms with E-state index in [2.05, 4.69) is 10.0 Å². The minimum atomic E-state index is -3.60. The van der Waals surface area contributed by atoms with Crippen LogP contribution in [0.4, 0.5) is 0 Å². The molecule has 0 aromatic heterocycles. The molecule has 1 aromatic carbocycles. The maximum atomic E-state index is 12.2. The Bertz CT molecular complexity index is 621. The van der Waals surface area contributed by atoms with Crippen molar-refractivity contribution in [2.75, 3.05) is 33.5 Å². The first-order chi connectivity index (χ1) is 11.2. The lowest BCUT2D eigenvalue weighted by molar-refractivity contribution is 0.0692. The Morgan fingerprint density at radius 1 is 1.08 bits per heavy atom. The number of hydrogen-bond donors (Lipinski definition) is 2. The Balaban J connectivity index is 2.56. The van der Waals surface area contributed by atoms with Crippen LogP contribution in [0.25, 0.3) is 0 Å². The number of ether oxygens (including phenoxy) is 2. The third kappa shape index (κ3) is 7.39.